The molecule has 1 aliphatic heterocycles. The van der Waals surface area contributed by atoms with E-state index < -0.39 is 0 Å². The van der Waals surface area contributed by atoms with Gasteiger partial charge in [0.15, 0.2) is 0 Å². The van der Waals surface area contributed by atoms with Gasteiger partial charge in [-0.3, -0.25) is 19.6 Å². The zero-order chi connectivity index (χ0) is 19.2. The van der Waals surface area contributed by atoms with Crippen molar-refractivity contribution in [1.82, 2.24) is 19.7 Å². The smallest absolute Gasteiger partial charge is 0.244 e. The number of benzene rings is 1. The minimum absolute atomic E-state index is 0.206. The molecule has 1 amide bonds. The van der Waals surface area contributed by atoms with Gasteiger partial charge in [0.1, 0.15) is 6.04 Å². The van der Waals surface area contributed by atoms with Gasteiger partial charge in [-0.2, -0.15) is 0 Å². The lowest BCUT2D eigenvalue weighted by Crippen LogP contribution is -2.42. The van der Waals surface area contributed by atoms with Crippen LogP contribution in [0.2, 0.25) is 0 Å². The van der Waals surface area contributed by atoms with Crippen molar-refractivity contribution in [1.29, 1.82) is 0 Å². The second-order valence-corrected chi connectivity index (χ2v) is 7.54. The summed E-state index contributed by atoms with van der Waals surface area (Å²) < 4.78 is 0. The Hall–Kier alpha value is -2.24. The molecule has 27 heavy (non-hydrogen) atoms. The lowest BCUT2D eigenvalue weighted by molar-refractivity contribution is -0.136. The van der Waals surface area contributed by atoms with Gasteiger partial charge in [-0.05, 0) is 50.2 Å². The monoisotopic (exact) mass is 366 g/mol. The molecule has 1 aromatic carbocycles. The molecule has 1 saturated heterocycles. The molecule has 1 aliphatic rings. The summed E-state index contributed by atoms with van der Waals surface area (Å²) in [5.41, 5.74) is 3.49. The average molecular weight is 367 g/mol. The van der Waals surface area contributed by atoms with Crippen molar-refractivity contribution in [3.63, 3.8) is 0 Å². The van der Waals surface area contributed by atoms with Crippen molar-refractivity contribution in [3.8, 4) is 0 Å². The number of hydrogen-bond acceptors (Lipinski definition) is 4. The van der Waals surface area contributed by atoms with Crippen LogP contribution in [-0.2, 0) is 11.3 Å². The van der Waals surface area contributed by atoms with Gasteiger partial charge >= 0.3 is 0 Å². The van der Waals surface area contributed by atoms with Crippen molar-refractivity contribution < 1.29 is 4.79 Å². The van der Waals surface area contributed by atoms with E-state index in [9.17, 15) is 4.79 Å². The quantitative estimate of drug-likeness (QED) is 0.816. The van der Waals surface area contributed by atoms with E-state index in [0.29, 0.717) is 0 Å². The first kappa shape index (κ1) is 19.5. The molecule has 0 saturated carbocycles. The summed E-state index contributed by atoms with van der Waals surface area (Å²) in [5.74, 6) is 0.206. The van der Waals surface area contributed by atoms with Gasteiger partial charge in [-0.25, -0.2) is 0 Å². The highest BCUT2D eigenvalue weighted by atomic mass is 16.2. The molecular formula is C22H30N4O. The number of aryl methyl sites for hydroxylation is 1. The molecule has 2 heterocycles. The lowest BCUT2D eigenvalue weighted by Gasteiger charge is -2.31. The highest BCUT2D eigenvalue weighted by Crippen LogP contribution is 2.24. The van der Waals surface area contributed by atoms with Crippen molar-refractivity contribution in [3.05, 3.63) is 65.5 Å². The summed E-state index contributed by atoms with van der Waals surface area (Å²) in [4.78, 5) is 24.1. The van der Waals surface area contributed by atoms with Crippen LogP contribution in [-0.4, -0.2) is 65.9 Å². The second-order valence-electron chi connectivity index (χ2n) is 7.54. The molecule has 0 spiro atoms. The Kier molecular flexibility index (Phi) is 6.58. The van der Waals surface area contributed by atoms with Crippen LogP contribution in [0.5, 0.6) is 0 Å². The van der Waals surface area contributed by atoms with Crippen LogP contribution in [0.1, 0.15) is 29.2 Å². The summed E-state index contributed by atoms with van der Waals surface area (Å²) in [5, 5.41) is 0. The van der Waals surface area contributed by atoms with Crippen LogP contribution in [0.4, 0.5) is 0 Å². The fourth-order valence-corrected chi connectivity index (χ4v) is 3.80. The number of likely N-dealkylation sites (N-methyl/N-ethyl adjacent to an activating group) is 1. The Morgan fingerprint density at radius 2 is 1.93 bits per heavy atom. The number of carbonyl (C=O) groups excluding carboxylic acids is 1. The van der Waals surface area contributed by atoms with E-state index in [1.54, 1.807) is 6.20 Å². The number of rotatable bonds is 5. The van der Waals surface area contributed by atoms with Crippen molar-refractivity contribution >= 4 is 5.91 Å². The van der Waals surface area contributed by atoms with Gasteiger partial charge in [0.2, 0.25) is 5.91 Å². The van der Waals surface area contributed by atoms with Crippen LogP contribution in [0.15, 0.2) is 48.8 Å². The van der Waals surface area contributed by atoms with Crippen molar-refractivity contribution in [2.45, 2.75) is 25.9 Å². The fraction of sp³-hybridized carbons (Fsp3) is 0.455. The van der Waals surface area contributed by atoms with Gasteiger partial charge in [-0.15, -0.1) is 0 Å². The SMILES string of the molecule is Cc1ccccc1C(C(=O)N1CCCN(Cc2cccnc2)CC1)N(C)C. The Morgan fingerprint density at radius 1 is 1.11 bits per heavy atom. The Morgan fingerprint density at radius 3 is 2.63 bits per heavy atom. The van der Waals surface area contributed by atoms with Gasteiger partial charge in [0, 0.05) is 45.1 Å². The van der Waals surface area contributed by atoms with Gasteiger partial charge in [-0.1, -0.05) is 30.3 Å². The Balaban J connectivity index is 1.68. The lowest BCUT2D eigenvalue weighted by atomic mass is 9.99. The van der Waals surface area contributed by atoms with Crippen LogP contribution >= 0.6 is 0 Å². The first-order valence-corrected chi connectivity index (χ1v) is 9.68. The van der Waals surface area contributed by atoms with Gasteiger partial charge in [0.25, 0.3) is 0 Å². The van der Waals surface area contributed by atoms with E-state index in [0.717, 1.165) is 50.3 Å². The van der Waals surface area contributed by atoms with Crippen LogP contribution in [0.25, 0.3) is 0 Å². The first-order valence-electron chi connectivity index (χ1n) is 9.68. The third kappa shape index (κ3) is 4.93. The molecule has 1 fully saturated rings. The molecule has 3 rings (SSSR count). The predicted molar refractivity (Wildman–Crippen MR) is 108 cm³/mol. The highest BCUT2D eigenvalue weighted by Gasteiger charge is 2.29. The predicted octanol–water partition coefficient (Wildman–Crippen LogP) is 2.73. The minimum Gasteiger partial charge on any atom is -0.340 e. The molecule has 5 heteroatoms. The summed E-state index contributed by atoms with van der Waals surface area (Å²) >= 11 is 0. The van der Waals surface area contributed by atoms with Crippen molar-refractivity contribution in [2.24, 2.45) is 0 Å². The number of aromatic nitrogens is 1. The van der Waals surface area contributed by atoms with Crippen molar-refractivity contribution in [2.75, 3.05) is 40.3 Å². The molecular weight excluding hydrogens is 336 g/mol. The molecule has 1 unspecified atom stereocenters. The number of amides is 1. The molecule has 1 atom stereocenters. The molecule has 0 bridgehead atoms. The first-order chi connectivity index (χ1) is 13.1. The van der Waals surface area contributed by atoms with E-state index >= 15 is 0 Å². The normalized spacial score (nSPS) is 17.0. The van der Waals surface area contributed by atoms with E-state index in [2.05, 4.69) is 35.0 Å². The standard InChI is InChI=1S/C22H30N4O/c1-18-8-4-5-10-20(18)21(24(2)3)22(27)26-13-7-12-25(14-15-26)17-19-9-6-11-23-16-19/h4-6,8-11,16,21H,7,12-15,17H2,1-3H3. The molecule has 0 radical (unpaired) electrons. The van der Waals surface area contributed by atoms with E-state index in [4.69, 9.17) is 0 Å². The summed E-state index contributed by atoms with van der Waals surface area (Å²) in [6.07, 6.45) is 4.73. The molecule has 0 N–H and O–H groups in total. The maximum atomic E-state index is 13.4. The average Bonchev–Trinajstić information content (AvgIpc) is 2.90. The maximum absolute atomic E-state index is 13.4. The van der Waals surface area contributed by atoms with E-state index in [1.165, 1.54) is 5.56 Å². The van der Waals surface area contributed by atoms with Gasteiger partial charge in [0.05, 0.1) is 0 Å². The second kappa shape index (κ2) is 9.11. The largest absolute Gasteiger partial charge is 0.340 e. The van der Waals surface area contributed by atoms with Gasteiger partial charge < -0.3 is 4.90 Å². The Labute approximate surface area is 162 Å². The van der Waals surface area contributed by atoms with Crippen LogP contribution in [0.3, 0.4) is 0 Å². The molecule has 5 nitrogen and oxygen atoms in total. The molecule has 2 aromatic rings. The number of carbonyl (C=O) groups is 1. The highest BCUT2D eigenvalue weighted by molar-refractivity contribution is 5.83. The van der Waals surface area contributed by atoms with Crippen LogP contribution in [0, 0.1) is 6.92 Å². The van der Waals surface area contributed by atoms with Crippen LogP contribution < -0.4 is 0 Å². The summed E-state index contributed by atoms with van der Waals surface area (Å²) in [6, 6.07) is 12.1. The maximum Gasteiger partial charge on any atom is 0.244 e. The third-order valence-electron chi connectivity index (χ3n) is 5.26. The number of hydrogen-bond donors (Lipinski definition) is 0. The third-order valence-corrected chi connectivity index (χ3v) is 5.26. The summed E-state index contributed by atoms with van der Waals surface area (Å²) in [6.45, 7) is 6.47. The number of nitrogens with zero attached hydrogens (tertiary/aromatic N) is 4. The minimum atomic E-state index is -0.226. The van der Waals surface area contributed by atoms with E-state index in [-0.39, 0.29) is 11.9 Å². The zero-order valence-corrected chi connectivity index (χ0v) is 16.6. The topological polar surface area (TPSA) is 39.7 Å². The molecule has 1 aromatic heterocycles. The number of pyridine rings is 1. The summed E-state index contributed by atoms with van der Waals surface area (Å²) in [7, 11) is 3.98. The van der Waals surface area contributed by atoms with E-state index in [1.807, 2.05) is 48.3 Å². The molecule has 144 valence electrons. The Bertz CT molecular complexity index is 747. The molecule has 0 aliphatic carbocycles. The fourth-order valence-electron chi connectivity index (χ4n) is 3.80. The zero-order valence-electron chi connectivity index (χ0n) is 16.6.